The molecule has 1 amide bonds. The molecule has 1 aliphatic rings. The molecule has 0 saturated heterocycles. The van der Waals surface area contributed by atoms with Gasteiger partial charge in [-0.3, -0.25) is 4.79 Å². The van der Waals surface area contributed by atoms with E-state index in [1.165, 1.54) is 36.1 Å². The molecule has 168 valence electrons. The van der Waals surface area contributed by atoms with Crippen molar-refractivity contribution in [3.8, 4) is 0 Å². The predicted octanol–water partition coefficient (Wildman–Crippen LogP) is 5.72. The Hall–Kier alpha value is -2.85. The summed E-state index contributed by atoms with van der Waals surface area (Å²) < 4.78 is 8.09. The van der Waals surface area contributed by atoms with Gasteiger partial charge >= 0.3 is 0 Å². The van der Waals surface area contributed by atoms with Gasteiger partial charge < -0.3 is 14.2 Å². The summed E-state index contributed by atoms with van der Waals surface area (Å²) in [6, 6.07) is 23.1. The normalized spacial score (nSPS) is 14.4. The largest absolute Gasteiger partial charge is 0.367 e. The van der Waals surface area contributed by atoms with E-state index in [4.69, 9.17) is 4.74 Å². The summed E-state index contributed by atoms with van der Waals surface area (Å²) in [6.45, 7) is 4.21. The molecular weight excluding hydrogens is 396 g/mol. The summed E-state index contributed by atoms with van der Waals surface area (Å²) in [5.41, 5.74) is 4.88. The summed E-state index contributed by atoms with van der Waals surface area (Å²) in [6.07, 6.45) is 7.96. The van der Waals surface area contributed by atoms with Gasteiger partial charge in [0, 0.05) is 24.5 Å². The highest BCUT2D eigenvalue weighted by Gasteiger charge is 2.26. The first kappa shape index (κ1) is 22.3. The Morgan fingerprint density at radius 1 is 0.969 bits per heavy atom. The summed E-state index contributed by atoms with van der Waals surface area (Å²) in [7, 11) is 0. The second-order valence-electron chi connectivity index (χ2n) is 8.85. The monoisotopic (exact) mass is 430 g/mol. The first-order valence-corrected chi connectivity index (χ1v) is 11.8. The molecule has 1 saturated carbocycles. The van der Waals surface area contributed by atoms with Crippen molar-refractivity contribution in [3.05, 3.63) is 95.3 Å². The molecule has 1 aromatic heterocycles. The average molecular weight is 431 g/mol. The Labute approximate surface area is 191 Å². The molecule has 4 rings (SSSR count). The van der Waals surface area contributed by atoms with Crippen LogP contribution in [0.5, 0.6) is 0 Å². The van der Waals surface area contributed by atoms with Gasteiger partial charge in [-0.15, -0.1) is 0 Å². The van der Waals surface area contributed by atoms with Crippen molar-refractivity contribution in [3.63, 3.8) is 0 Å². The first-order chi connectivity index (χ1) is 15.7. The van der Waals surface area contributed by atoms with Crippen LogP contribution in [0.3, 0.4) is 0 Å². The molecule has 1 heterocycles. The highest BCUT2D eigenvalue weighted by Crippen LogP contribution is 2.25. The van der Waals surface area contributed by atoms with Crippen LogP contribution < -0.4 is 0 Å². The molecule has 1 aliphatic carbocycles. The second-order valence-corrected chi connectivity index (χ2v) is 8.85. The van der Waals surface area contributed by atoms with E-state index in [1.54, 1.807) is 0 Å². The number of hydrogen-bond donors (Lipinski definition) is 0. The maximum atomic E-state index is 13.3. The van der Waals surface area contributed by atoms with Gasteiger partial charge in [0.2, 0.25) is 5.91 Å². The maximum absolute atomic E-state index is 13.3. The number of nitrogens with zero attached hydrogens (tertiary/aromatic N) is 2. The van der Waals surface area contributed by atoms with Gasteiger partial charge in [0.15, 0.2) is 0 Å². The summed E-state index contributed by atoms with van der Waals surface area (Å²) in [4.78, 5) is 15.4. The second kappa shape index (κ2) is 11.1. The summed E-state index contributed by atoms with van der Waals surface area (Å²) in [5.74, 6) is 0.0940. The van der Waals surface area contributed by atoms with Crippen molar-refractivity contribution >= 4 is 5.91 Å². The van der Waals surface area contributed by atoms with Crippen LogP contribution in [0.4, 0.5) is 0 Å². The van der Waals surface area contributed by atoms with Gasteiger partial charge in [0.1, 0.15) is 6.61 Å². The van der Waals surface area contributed by atoms with Gasteiger partial charge in [-0.1, -0.05) is 73.9 Å². The van der Waals surface area contributed by atoms with Crippen LogP contribution in [0.15, 0.2) is 72.9 Å². The topological polar surface area (TPSA) is 34.5 Å². The fraction of sp³-hybridized carbons (Fsp3) is 0.393. The Balaban J connectivity index is 1.44. The van der Waals surface area contributed by atoms with E-state index in [0.29, 0.717) is 19.2 Å². The molecule has 0 spiro atoms. The van der Waals surface area contributed by atoms with E-state index < -0.39 is 0 Å². The van der Waals surface area contributed by atoms with Crippen molar-refractivity contribution in [1.82, 2.24) is 9.47 Å². The Morgan fingerprint density at radius 3 is 2.50 bits per heavy atom. The van der Waals surface area contributed by atoms with Crippen molar-refractivity contribution in [1.29, 1.82) is 0 Å². The van der Waals surface area contributed by atoms with Crippen LogP contribution in [0.25, 0.3) is 0 Å². The number of carbonyl (C=O) groups is 1. The SMILES string of the molecule is Cc1ccccc1Cn1cccc1CN(C(=O)COCc1ccccc1)C1CCCCC1. The number of aryl methyl sites for hydroxylation is 1. The molecule has 0 radical (unpaired) electrons. The average Bonchev–Trinajstić information content (AvgIpc) is 3.27. The van der Waals surface area contributed by atoms with Crippen molar-refractivity contribution in [2.45, 2.75) is 64.8 Å². The van der Waals surface area contributed by atoms with Crippen molar-refractivity contribution < 1.29 is 9.53 Å². The zero-order valence-corrected chi connectivity index (χ0v) is 19.1. The van der Waals surface area contributed by atoms with Crippen LogP contribution in [0.2, 0.25) is 0 Å². The molecule has 32 heavy (non-hydrogen) atoms. The third-order valence-electron chi connectivity index (χ3n) is 6.53. The molecule has 0 atom stereocenters. The number of hydrogen-bond acceptors (Lipinski definition) is 2. The Morgan fingerprint density at radius 2 is 1.72 bits per heavy atom. The maximum Gasteiger partial charge on any atom is 0.249 e. The number of ether oxygens (including phenoxy) is 1. The molecule has 0 N–H and O–H groups in total. The lowest BCUT2D eigenvalue weighted by atomic mass is 9.94. The van der Waals surface area contributed by atoms with Crippen LogP contribution in [0, 0.1) is 6.92 Å². The van der Waals surface area contributed by atoms with Crippen LogP contribution in [-0.4, -0.2) is 28.0 Å². The molecule has 4 heteroatoms. The number of benzene rings is 2. The molecular formula is C28H34N2O2. The summed E-state index contributed by atoms with van der Waals surface area (Å²) >= 11 is 0. The minimum Gasteiger partial charge on any atom is -0.367 e. The van der Waals surface area contributed by atoms with Crippen molar-refractivity contribution in [2.24, 2.45) is 0 Å². The van der Waals surface area contributed by atoms with E-state index in [2.05, 4.69) is 59.0 Å². The van der Waals surface area contributed by atoms with Gasteiger partial charge in [-0.05, 0) is 48.6 Å². The van der Waals surface area contributed by atoms with E-state index in [0.717, 1.165) is 24.9 Å². The third kappa shape index (κ3) is 5.89. The molecule has 1 fully saturated rings. The minimum absolute atomic E-state index is 0.0940. The fourth-order valence-corrected chi connectivity index (χ4v) is 4.62. The molecule has 0 unspecified atom stereocenters. The van der Waals surface area contributed by atoms with Crippen LogP contribution in [0.1, 0.15) is 54.5 Å². The minimum atomic E-state index is 0.0940. The molecule has 0 aliphatic heterocycles. The molecule has 3 aromatic rings. The highest BCUT2D eigenvalue weighted by molar-refractivity contribution is 5.77. The van der Waals surface area contributed by atoms with E-state index in [1.807, 2.05) is 30.3 Å². The van der Waals surface area contributed by atoms with Gasteiger partial charge in [0.25, 0.3) is 0 Å². The number of aromatic nitrogens is 1. The Kier molecular flexibility index (Phi) is 7.78. The number of amides is 1. The smallest absolute Gasteiger partial charge is 0.249 e. The van der Waals surface area contributed by atoms with Gasteiger partial charge in [-0.25, -0.2) is 0 Å². The van der Waals surface area contributed by atoms with E-state index in [-0.39, 0.29) is 12.5 Å². The quantitative estimate of drug-likeness (QED) is 0.435. The van der Waals surface area contributed by atoms with Gasteiger partial charge in [0.05, 0.1) is 13.2 Å². The van der Waals surface area contributed by atoms with Crippen molar-refractivity contribution in [2.75, 3.05) is 6.61 Å². The van der Waals surface area contributed by atoms with Gasteiger partial charge in [-0.2, -0.15) is 0 Å². The third-order valence-corrected chi connectivity index (χ3v) is 6.53. The van der Waals surface area contributed by atoms with Crippen LogP contribution in [-0.2, 0) is 29.2 Å². The summed E-state index contributed by atoms with van der Waals surface area (Å²) in [5, 5.41) is 0. The lowest BCUT2D eigenvalue weighted by Gasteiger charge is -2.34. The zero-order valence-electron chi connectivity index (χ0n) is 19.1. The first-order valence-electron chi connectivity index (χ1n) is 11.8. The molecule has 2 aromatic carbocycles. The lowest BCUT2D eigenvalue weighted by molar-refractivity contribution is -0.140. The molecule has 0 bridgehead atoms. The standard InChI is InChI=1S/C28H34N2O2/c1-23-11-8-9-14-25(23)19-29-18-10-17-27(29)20-30(26-15-6-3-7-16-26)28(31)22-32-21-24-12-4-2-5-13-24/h2,4-5,8-14,17-18,26H,3,6-7,15-16,19-22H2,1H3. The lowest BCUT2D eigenvalue weighted by Crippen LogP contribution is -2.43. The van der Waals surface area contributed by atoms with Crippen LogP contribution >= 0.6 is 0 Å². The number of rotatable bonds is 9. The molecule has 4 nitrogen and oxygen atoms in total. The zero-order chi connectivity index (χ0) is 22.2. The number of carbonyl (C=O) groups excluding carboxylic acids is 1. The highest BCUT2D eigenvalue weighted by atomic mass is 16.5. The fourth-order valence-electron chi connectivity index (χ4n) is 4.62. The van der Waals surface area contributed by atoms with E-state index in [9.17, 15) is 4.79 Å². The predicted molar refractivity (Wildman–Crippen MR) is 128 cm³/mol. The Bertz CT molecular complexity index is 989. The van der Waals surface area contributed by atoms with E-state index >= 15 is 0 Å².